The third-order valence-electron chi connectivity index (χ3n) is 3.69. The molecule has 2 aromatic carbocycles. The fraction of sp³-hybridized carbons (Fsp3) is 0.263. The number of nitrogens with zero attached hydrogens (tertiary/aromatic N) is 1. The second-order valence-corrected chi connectivity index (χ2v) is 5.33. The molecule has 0 aliphatic heterocycles. The summed E-state index contributed by atoms with van der Waals surface area (Å²) in [6.07, 6.45) is 0.904. The van der Waals surface area contributed by atoms with Crippen molar-refractivity contribution in [2.24, 2.45) is 0 Å². The summed E-state index contributed by atoms with van der Waals surface area (Å²) in [5.41, 5.74) is 3.51. The minimum atomic E-state index is -1.25. The summed E-state index contributed by atoms with van der Waals surface area (Å²) in [6.45, 7) is 2.06. The van der Waals surface area contributed by atoms with Crippen molar-refractivity contribution >= 4 is 6.16 Å². The van der Waals surface area contributed by atoms with Gasteiger partial charge < -0.3 is 9.84 Å². The van der Waals surface area contributed by atoms with Crippen LogP contribution in [0.3, 0.4) is 0 Å². The minimum absolute atomic E-state index is 0.428. The van der Waals surface area contributed by atoms with E-state index in [9.17, 15) is 4.79 Å². The molecule has 1 N–H and O–H groups in total. The molecule has 1 atom stereocenters. The van der Waals surface area contributed by atoms with E-state index in [1.165, 1.54) is 0 Å². The van der Waals surface area contributed by atoms with E-state index in [4.69, 9.17) is 15.1 Å². The van der Waals surface area contributed by atoms with Gasteiger partial charge in [0.15, 0.2) is 0 Å². The van der Waals surface area contributed by atoms with Gasteiger partial charge in [-0.05, 0) is 41.7 Å². The molecule has 0 spiro atoms. The number of hydrogen-bond donors (Lipinski definition) is 1. The summed E-state index contributed by atoms with van der Waals surface area (Å²) in [4.78, 5) is 10.8. The van der Waals surface area contributed by atoms with Gasteiger partial charge in [-0.1, -0.05) is 49.7 Å². The van der Waals surface area contributed by atoms with Gasteiger partial charge in [-0.3, -0.25) is 0 Å². The molecule has 0 radical (unpaired) electrons. The Labute approximate surface area is 136 Å². The Kier molecular flexibility index (Phi) is 5.76. The van der Waals surface area contributed by atoms with Gasteiger partial charge >= 0.3 is 6.16 Å². The molecular formula is C19H19NO3. The van der Waals surface area contributed by atoms with Gasteiger partial charge in [-0.15, -0.1) is 0 Å². The lowest BCUT2D eigenvalue weighted by atomic mass is 9.99. The van der Waals surface area contributed by atoms with Crippen LogP contribution in [0.5, 0.6) is 0 Å². The van der Waals surface area contributed by atoms with Crippen LogP contribution in [0.4, 0.5) is 4.79 Å². The Morgan fingerprint density at radius 3 is 2.17 bits per heavy atom. The second-order valence-electron chi connectivity index (χ2n) is 5.33. The van der Waals surface area contributed by atoms with Crippen LogP contribution in [0.1, 0.15) is 43.4 Å². The average molecular weight is 309 g/mol. The SMILES string of the molecule is CCCCC(OC(=O)O)c1ccc(-c2ccc(C#N)cc2)cc1. The number of unbranched alkanes of at least 4 members (excludes halogenated alkanes) is 1. The van der Waals surface area contributed by atoms with E-state index in [-0.39, 0.29) is 0 Å². The first-order chi connectivity index (χ1) is 11.1. The lowest BCUT2D eigenvalue weighted by Gasteiger charge is -2.16. The highest BCUT2D eigenvalue weighted by molar-refractivity contribution is 5.64. The molecule has 0 aliphatic rings. The summed E-state index contributed by atoms with van der Waals surface area (Å²) in [6, 6.07) is 17.1. The van der Waals surface area contributed by atoms with E-state index in [0.29, 0.717) is 12.0 Å². The predicted molar refractivity (Wildman–Crippen MR) is 88.0 cm³/mol. The quantitative estimate of drug-likeness (QED) is 0.749. The fourth-order valence-electron chi connectivity index (χ4n) is 2.43. The first-order valence-corrected chi connectivity index (χ1v) is 7.64. The standard InChI is InChI=1S/C19H19NO3/c1-2-3-4-18(23-19(21)22)17-11-9-16(10-12-17)15-7-5-14(13-20)6-8-15/h5-12,18H,2-4H2,1H3,(H,21,22). The van der Waals surface area contributed by atoms with E-state index in [1.807, 2.05) is 36.4 Å². The van der Waals surface area contributed by atoms with Gasteiger partial charge in [-0.2, -0.15) is 5.26 Å². The molecular weight excluding hydrogens is 290 g/mol. The van der Waals surface area contributed by atoms with Gasteiger partial charge in [-0.25, -0.2) is 4.79 Å². The normalized spacial score (nSPS) is 11.5. The van der Waals surface area contributed by atoms with Crippen molar-refractivity contribution in [3.05, 3.63) is 59.7 Å². The van der Waals surface area contributed by atoms with Gasteiger partial charge in [0.05, 0.1) is 11.6 Å². The summed E-state index contributed by atoms with van der Waals surface area (Å²) < 4.78 is 4.99. The maximum absolute atomic E-state index is 10.8. The van der Waals surface area contributed by atoms with Gasteiger partial charge in [0.2, 0.25) is 0 Å². The van der Waals surface area contributed by atoms with Crippen LogP contribution in [0.2, 0.25) is 0 Å². The molecule has 1 unspecified atom stereocenters. The van der Waals surface area contributed by atoms with Gasteiger partial charge in [0, 0.05) is 0 Å². The van der Waals surface area contributed by atoms with Crippen LogP contribution in [-0.4, -0.2) is 11.3 Å². The molecule has 0 saturated carbocycles. The first-order valence-electron chi connectivity index (χ1n) is 7.64. The second kappa shape index (κ2) is 8.00. The number of nitriles is 1. The van der Waals surface area contributed by atoms with E-state index in [2.05, 4.69) is 13.0 Å². The highest BCUT2D eigenvalue weighted by Gasteiger charge is 2.15. The molecule has 0 heterocycles. The molecule has 0 aliphatic carbocycles. The minimum Gasteiger partial charge on any atom is -0.450 e. The highest BCUT2D eigenvalue weighted by Crippen LogP contribution is 2.27. The Bertz CT molecular complexity index is 684. The Hall–Kier alpha value is -2.80. The van der Waals surface area contributed by atoms with Crippen LogP contribution in [-0.2, 0) is 4.74 Å². The number of rotatable bonds is 6. The molecule has 23 heavy (non-hydrogen) atoms. The largest absolute Gasteiger partial charge is 0.506 e. The zero-order chi connectivity index (χ0) is 16.7. The van der Waals surface area contributed by atoms with Crippen molar-refractivity contribution in [3.8, 4) is 17.2 Å². The zero-order valence-electron chi connectivity index (χ0n) is 13.0. The number of benzene rings is 2. The van der Waals surface area contributed by atoms with Crippen molar-refractivity contribution in [3.63, 3.8) is 0 Å². The first kappa shape index (κ1) is 16.6. The Balaban J connectivity index is 2.18. The number of carbonyl (C=O) groups is 1. The maximum Gasteiger partial charge on any atom is 0.506 e. The van der Waals surface area contributed by atoms with Crippen LogP contribution >= 0.6 is 0 Å². The number of carboxylic acid groups (broad SMARTS) is 1. The topological polar surface area (TPSA) is 70.3 Å². The van der Waals surface area contributed by atoms with Crippen LogP contribution in [0.25, 0.3) is 11.1 Å². The summed E-state index contributed by atoms with van der Waals surface area (Å²) in [5.74, 6) is 0. The van der Waals surface area contributed by atoms with Crippen molar-refractivity contribution in [2.75, 3.05) is 0 Å². The molecule has 4 nitrogen and oxygen atoms in total. The predicted octanol–water partition coefficient (Wildman–Crippen LogP) is 5.15. The van der Waals surface area contributed by atoms with Crippen LogP contribution in [0, 0.1) is 11.3 Å². The summed E-state index contributed by atoms with van der Waals surface area (Å²) in [5, 5.41) is 17.7. The molecule has 2 aromatic rings. The van der Waals surface area contributed by atoms with Gasteiger partial charge in [0.25, 0.3) is 0 Å². The monoisotopic (exact) mass is 309 g/mol. The summed E-state index contributed by atoms with van der Waals surface area (Å²) >= 11 is 0. The Morgan fingerprint density at radius 1 is 1.13 bits per heavy atom. The van der Waals surface area contributed by atoms with Crippen molar-refractivity contribution in [2.45, 2.75) is 32.3 Å². The van der Waals surface area contributed by atoms with Crippen molar-refractivity contribution < 1.29 is 14.6 Å². The van der Waals surface area contributed by atoms with E-state index in [1.54, 1.807) is 12.1 Å². The third kappa shape index (κ3) is 4.58. The smallest absolute Gasteiger partial charge is 0.450 e. The van der Waals surface area contributed by atoms with Crippen LogP contribution in [0.15, 0.2) is 48.5 Å². The van der Waals surface area contributed by atoms with Crippen LogP contribution < -0.4 is 0 Å². The van der Waals surface area contributed by atoms with E-state index < -0.39 is 12.3 Å². The third-order valence-corrected chi connectivity index (χ3v) is 3.69. The fourth-order valence-corrected chi connectivity index (χ4v) is 2.43. The maximum atomic E-state index is 10.8. The average Bonchev–Trinajstić information content (AvgIpc) is 2.58. The molecule has 0 aromatic heterocycles. The number of ether oxygens (including phenoxy) is 1. The molecule has 0 saturated heterocycles. The molecule has 0 amide bonds. The Morgan fingerprint density at radius 2 is 1.70 bits per heavy atom. The molecule has 0 bridgehead atoms. The zero-order valence-corrected chi connectivity index (χ0v) is 13.0. The highest BCUT2D eigenvalue weighted by atomic mass is 16.7. The molecule has 118 valence electrons. The van der Waals surface area contributed by atoms with E-state index >= 15 is 0 Å². The molecule has 4 heteroatoms. The van der Waals surface area contributed by atoms with Crippen molar-refractivity contribution in [1.82, 2.24) is 0 Å². The summed E-state index contributed by atoms with van der Waals surface area (Å²) in [7, 11) is 0. The molecule has 2 rings (SSSR count). The molecule has 0 fully saturated rings. The van der Waals surface area contributed by atoms with E-state index in [0.717, 1.165) is 29.5 Å². The van der Waals surface area contributed by atoms with Gasteiger partial charge in [0.1, 0.15) is 6.10 Å². The lowest BCUT2D eigenvalue weighted by Crippen LogP contribution is -2.09. The lowest BCUT2D eigenvalue weighted by molar-refractivity contribution is 0.0466. The number of hydrogen-bond acceptors (Lipinski definition) is 3. The van der Waals surface area contributed by atoms with Crippen molar-refractivity contribution in [1.29, 1.82) is 5.26 Å².